The molecule has 0 spiro atoms. The molecule has 1 atom stereocenters. The molecule has 0 aromatic carbocycles. The van der Waals surface area contributed by atoms with Crippen LogP contribution >= 0.6 is 0 Å². The second-order valence-corrected chi connectivity index (χ2v) is 4.65. The van der Waals surface area contributed by atoms with Crippen molar-refractivity contribution in [2.75, 3.05) is 18.0 Å². The smallest absolute Gasteiger partial charge is 0.154 e. The molecule has 3 N–H and O–H groups in total. The molecule has 2 aromatic rings. The standard InChI is InChI=1S/C12H16N6/c13-11(14)9-2-1-6-17(8-9)12-10-3-4-16-18(10)7-5-15-12/h3-5,7,9H,1-2,6,8H2,(H3,13,14). The summed E-state index contributed by atoms with van der Waals surface area (Å²) in [4.78, 5) is 6.65. The minimum absolute atomic E-state index is 0.142. The van der Waals surface area contributed by atoms with Gasteiger partial charge in [-0.2, -0.15) is 5.10 Å². The zero-order valence-electron chi connectivity index (χ0n) is 10.1. The molecule has 6 heteroatoms. The van der Waals surface area contributed by atoms with Gasteiger partial charge in [0.15, 0.2) is 5.82 Å². The molecule has 0 saturated carbocycles. The molecular weight excluding hydrogens is 228 g/mol. The SMILES string of the molecule is N=C(N)C1CCCN(c2nccn3nccc23)C1. The highest BCUT2D eigenvalue weighted by molar-refractivity contribution is 5.81. The Morgan fingerprint density at radius 2 is 2.33 bits per heavy atom. The van der Waals surface area contributed by atoms with Crippen molar-refractivity contribution in [3.8, 4) is 0 Å². The molecular formula is C12H16N6. The van der Waals surface area contributed by atoms with Gasteiger partial charge in [0.2, 0.25) is 0 Å². The number of piperidine rings is 1. The van der Waals surface area contributed by atoms with Crippen LogP contribution in [0.25, 0.3) is 5.52 Å². The summed E-state index contributed by atoms with van der Waals surface area (Å²) in [6.07, 6.45) is 7.40. The van der Waals surface area contributed by atoms with Gasteiger partial charge in [-0.05, 0) is 18.9 Å². The van der Waals surface area contributed by atoms with E-state index in [1.165, 1.54) is 0 Å². The second kappa shape index (κ2) is 4.29. The van der Waals surface area contributed by atoms with Gasteiger partial charge in [-0.15, -0.1) is 0 Å². The summed E-state index contributed by atoms with van der Waals surface area (Å²) in [7, 11) is 0. The third-order valence-electron chi connectivity index (χ3n) is 3.46. The molecule has 94 valence electrons. The zero-order chi connectivity index (χ0) is 12.5. The molecule has 1 fully saturated rings. The molecule has 0 radical (unpaired) electrons. The Hall–Kier alpha value is -2.11. The number of anilines is 1. The van der Waals surface area contributed by atoms with Crippen LogP contribution in [0, 0.1) is 11.3 Å². The lowest BCUT2D eigenvalue weighted by molar-refractivity contribution is 0.500. The summed E-state index contributed by atoms with van der Waals surface area (Å²) in [5.74, 6) is 1.35. The first-order valence-electron chi connectivity index (χ1n) is 6.13. The van der Waals surface area contributed by atoms with Crippen LogP contribution in [0.2, 0.25) is 0 Å². The second-order valence-electron chi connectivity index (χ2n) is 4.65. The van der Waals surface area contributed by atoms with Gasteiger partial charge in [0.05, 0.1) is 12.0 Å². The first kappa shape index (κ1) is 11.0. The third-order valence-corrected chi connectivity index (χ3v) is 3.46. The van der Waals surface area contributed by atoms with Crippen molar-refractivity contribution in [2.24, 2.45) is 11.7 Å². The van der Waals surface area contributed by atoms with E-state index < -0.39 is 0 Å². The summed E-state index contributed by atoms with van der Waals surface area (Å²) >= 11 is 0. The van der Waals surface area contributed by atoms with Crippen molar-refractivity contribution in [1.29, 1.82) is 5.41 Å². The van der Waals surface area contributed by atoms with E-state index in [0.717, 1.165) is 37.3 Å². The number of hydrogen-bond donors (Lipinski definition) is 2. The monoisotopic (exact) mass is 244 g/mol. The zero-order valence-corrected chi connectivity index (χ0v) is 10.1. The van der Waals surface area contributed by atoms with Crippen molar-refractivity contribution >= 4 is 17.2 Å². The maximum absolute atomic E-state index is 7.59. The molecule has 1 saturated heterocycles. The van der Waals surface area contributed by atoms with E-state index in [0.29, 0.717) is 0 Å². The lowest BCUT2D eigenvalue weighted by Gasteiger charge is -2.33. The quantitative estimate of drug-likeness (QED) is 0.607. The Kier molecular flexibility index (Phi) is 2.62. The van der Waals surface area contributed by atoms with E-state index in [4.69, 9.17) is 11.1 Å². The molecule has 1 aliphatic heterocycles. The minimum atomic E-state index is 0.142. The van der Waals surface area contributed by atoms with Crippen molar-refractivity contribution in [3.63, 3.8) is 0 Å². The van der Waals surface area contributed by atoms with Crippen LogP contribution in [-0.4, -0.2) is 33.5 Å². The van der Waals surface area contributed by atoms with Crippen LogP contribution in [0.15, 0.2) is 24.7 Å². The van der Waals surface area contributed by atoms with Gasteiger partial charge >= 0.3 is 0 Å². The van der Waals surface area contributed by atoms with E-state index in [1.807, 2.05) is 16.8 Å². The Bertz CT molecular complexity index is 575. The fraction of sp³-hybridized carbons (Fsp3) is 0.417. The van der Waals surface area contributed by atoms with E-state index >= 15 is 0 Å². The number of aromatic nitrogens is 3. The van der Waals surface area contributed by atoms with Crippen LogP contribution in [-0.2, 0) is 0 Å². The van der Waals surface area contributed by atoms with Gasteiger partial charge in [-0.25, -0.2) is 9.50 Å². The van der Waals surface area contributed by atoms with Gasteiger partial charge in [0.1, 0.15) is 5.52 Å². The van der Waals surface area contributed by atoms with Crippen molar-refractivity contribution in [2.45, 2.75) is 12.8 Å². The van der Waals surface area contributed by atoms with Crippen molar-refractivity contribution in [1.82, 2.24) is 14.6 Å². The van der Waals surface area contributed by atoms with Gasteiger partial charge in [0, 0.05) is 31.4 Å². The molecule has 2 aromatic heterocycles. The topological polar surface area (TPSA) is 83.3 Å². The summed E-state index contributed by atoms with van der Waals surface area (Å²) in [6.45, 7) is 1.73. The fourth-order valence-corrected chi connectivity index (χ4v) is 2.51. The molecule has 3 rings (SSSR count). The van der Waals surface area contributed by atoms with Gasteiger partial charge in [-0.3, -0.25) is 5.41 Å². The van der Waals surface area contributed by atoms with Crippen LogP contribution in [0.4, 0.5) is 5.82 Å². The Balaban J connectivity index is 1.94. The van der Waals surface area contributed by atoms with Crippen molar-refractivity contribution < 1.29 is 0 Å². The number of hydrogen-bond acceptors (Lipinski definition) is 4. The fourth-order valence-electron chi connectivity index (χ4n) is 2.51. The van der Waals surface area contributed by atoms with E-state index in [2.05, 4.69) is 15.0 Å². The Labute approximate surface area is 105 Å². The van der Waals surface area contributed by atoms with E-state index in [9.17, 15) is 0 Å². The largest absolute Gasteiger partial charge is 0.387 e. The van der Waals surface area contributed by atoms with Gasteiger partial charge in [0.25, 0.3) is 0 Å². The predicted octanol–water partition coefficient (Wildman–Crippen LogP) is 0.882. The summed E-state index contributed by atoms with van der Waals surface area (Å²) in [5, 5.41) is 11.8. The lowest BCUT2D eigenvalue weighted by Crippen LogP contribution is -2.41. The first-order chi connectivity index (χ1) is 8.75. The molecule has 1 unspecified atom stereocenters. The molecule has 0 bridgehead atoms. The summed E-state index contributed by atoms with van der Waals surface area (Å²) in [6, 6.07) is 1.96. The Morgan fingerprint density at radius 1 is 1.44 bits per heavy atom. The highest BCUT2D eigenvalue weighted by Gasteiger charge is 2.24. The van der Waals surface area contributed by atoms with Crippen LogP contribution in [0.1, 0.15) is 12.8 Å². The van der Waals surface area contributed by atoms with Crippen LogP contribution < -0.4 is 10.6 Å². The number of fused-ring (bicyclic) bond motifs is 1. The third kappa shape index (κ3) is 1.79. The normalized spacial score (nSPS) is 20.2. The molecule has 18 heavy (non-hydrogen) atoms. The molecule has 0 aliphatic carbocycles. The number of nitrogens with zero attached hydrogens (tertiary/aromatic N) is 4. The molecule has 0 amide bonds. The van der Waals surface area contributed by atoms with E-state index in [1.54, 1.807) is 12.4 Å². The highest BCUT2D eigenvalue weighted by atomic mass is 15.3. The maximum atomic E-state index is 7.59. The average molecular weight is 244 g/mol. The highest BCUT2D eigenvalue weighted by Crippen LogP contribution is 2.24. The summed E-state index contributed by atoms with van der Waals surface area (Å²) < 4.78 is 1.82. The predicted molar refractivity (Wildman–Crippen MR) is 69.8 cm³/mol. The van der Waals surface area contributed by atoms with E-state index in [-0.39, 0.29) is 11.8 Å². The number of nitrogens with one attached hydrogen (secondary N) is 1. The van der Waals surface area contributed by atoms with Crippen molar-refractivity contribution in [3.05, 3.63) is 24.7 Å². The molecule has 6 nitrogen and oxygen atoms in total. The van der Waals surface area contributed by atoms with Gasteiger partial charge < -0.3 is 10.6 Å². The number of rotatable bonds is 2. The number of nitrogens with two attached hydrogens (primary N) is 1. The number of amidine groups is 1. The van der Waals surface area contributed by atoms with Crippen LogP contribution in [0.3, 0.4) is 0 Å². The molecule has 3 heterocycles. The maximum Gasteiger partial charge on any atom is 0.154 e. The average Bonchev–Trinajstić information content (AvgIpc) is 2.87. The Morgan fingerprint density at radius 3 is 3.17 bits per heavy atom. The molecule has 1 aliphatic rings. The first-order valence-corrected chi connectivity index (χ1v) is 6.13. The van der Waals surface area contributed by atoms with Crippen LogP contribution in [0.5, 0.6) is 0 Å². The lowest BCUT2D eigenvalue weighted by atomic mass is 9.97. The minimum Gasteiger partial charge on any atom is -0.387 e. The van der Waals surface area contributed by atoms with Gasteiger partial charge in [-0.1, -0.05) is 0 Å². The summed E-state index contributed by atoms with van der Waals surface area (Å²) in [5.41, 5.74) is 6.62.